The molecule has 1 fully saturated rings. The summed E-state index contributed by atoms with van der Waals surface area (Å²) >= 11 is 0. The Labute approximate surface area is 99.2 Å². The van der Waals surface area contributed by atoms with Crippen molar-refractivity contribution >= 4 is 17.6 Å². The zero-order valence-electron chi connectivity index (χ0n) is 9.76. The topological polar surface area (TPSA) is 79.2 Å². The minimum atomic E-state index is -1.12. The van der Waals surface area contributed by atoms with Crippen molar-refractivity contribution in [1.29, 1.82) is 0 Å². The van der Waals surface area contributed by atoms with Crippen molar-refractivity contribution in [2.45, 2.75) is 32.3 Å². The Morgan fingerprint density at radius 1 is 1.53 bits per heavy atom. The third kappa shape index (κ3) is 2.57. The molecular formula is C11H16N2O4. The first-order valence-electron chi connectivity index (χ1n) is 5.82. The number of carboxylic acid groups (broad SMARTS) is 1. The third-order valence-corrected chi connectivity index (χ3v) is 3.16. The van der Waals surface area contributed by atoms with Crippen LogP contribution in [0.25, 0.3) is 0 Å². The highest BCUT2D eigenvalue weighted by atomic mass is 16.6. The van der Waals surface area contributed by atoms with Gasteiger partial charge in [0.15, 0.2) is 5.71 Å². The Balaban J connectivity index is 1.92. The Morgan fingerprint density at radius 3 is 2.88 bits per heavy atom. The van der Waals surface area contributed by atoms with E-state index in [1.807, 2.05) is 0 Å². The normalized spacial score (nSPS) is 28.5. The predicted molar refractivity (Wildman–Crippen MR) is 59.5 cm³/mol. The lowest BCUT2D eigenvalue weighted by atomic mass is 9.99. The highest BCUT2D eigenvalue weighted by molar-refractivity contribution is 6.36. The average Bonchev–Trinajstić information content (AvgIpc) is 2.77. The molecule has 2 aliphatic rings. The molecule has 1 saturated heterocycles. The van der Waals surface area contributed by atoms with Crippen LogP contribution in [0.15, 0.2) is 5.16 Å². The standard InChI is InChI=1S/C11H16N2O4/c1-7-3-2-4-13(6-7)10(14)9-5-8(11(15)16)12-17-9/h7,9H,2-6H2,1H3,(H,15,16). The number of oxime groups is 1. The van der Waals surface area contributed by atoms with Crippen molar-refractivity contribution in [1.82, 2.24) is 4.90 Å². The van der Waals surface area contributed by atoms with Gasteiger partial charge in [-0.2, -0.15) is 0 Å². The molecule has 1 amide bonds. The molecule has 6 heteroatoms. The van der Waals surface area contributed by atoms with Gasteiger partial charge < -0.3 is 14.8 Å². The van der Waals surface area contributed by atoms with Gasteiger partial charge in [-0.05, 0) is 18.8 Å². The third-order valence-electron chi connectivity index (χ3n) is 3.16. The van der Waals surface area contributed by atoms with Crippen LogP contribution in [0.1, 0.15) is 26.2 Å². The van der Waals surface area contributed by atoms with Gasteiger partial charge in [-0.1, -0.05) is 12.1 Å². The minimum Gasteiger partial charge on any atom is -0.477 e. The van der Waals surface area contributed by atoms with E-state index in [-0.39, 0.29) is 18.0 Å². The van der Waals surface area contributed by atoms with Gasteiger partial charge in [0.05, 0.1) is 0 Å². The van der Waals surface area contributed by atoms with Gasteiger partial charge in [-0.3, -0.25) is 4.79 Å². The first-order valence-corrected chi connectivity index (χ1v) is 5.82. The summed E-state index contributed by atoms with van der Waals surface area (Å²) in [6.07, 6.45) is 1.45. The number of likely N-dealkylation sites (tertiary alicyclic amines) is 1. The Kier molecular flexibility index (Phi) is 3.31. The van der Waals surface area contributed by atoms with E-state index in [0.717, 1.165) is 25.9 Å². The van der Waals surface area contributed by atoms with Crippen molar-refractivity contribution in [2.24, 2.45) is 11.1 Å². The number of amides is 1. The lowest BCUT2D eigenvalue weighted by molar-refractivity contribution is -0.143. The fourth-order valence-corrected chi connectivity index (χ4v) is 2.23. The van der Waals surface area contributed by atoms with Crippen LogP contribution in [0.4, 0.5) is 0 Å². The van der Waals surface area contributed by atoms with Crippen LogP contribution >= 0.6 is 0 Å². The molecule has 0 radical (unpaired) electrons. The van der Waals surface area contributed by atoms with E-state index in [9.17, 15) is 9.59 Å². The maximum absolute atomic E-state index is 12.0. The summed E-state index contributed by atoms with van der Waals surface area (Å²) < 4.78 is 0. The molecule has 0 saturated carbocycles. The van der Waals surface area contributed by atoms with Crippen molar-refractivity contribution < 1.29 is 19.5 Å². The second kappa shape index (κ2) is 4.73. The lowest BCUT2D eigenvalue weighted by Gasteiger charge is -2.31. The molecule has 94 valence electrons. The van der Waals surface area contributed by atoms with Crippen LogP contribution in [0.3, 0.4) is 0 Å². The number of piperidine rings is 1. The zero-order valence-corrected chi connectivity index (χ0v) is 9.76. The van der Waals surface area contributed by atoms with E-state index in [2.05, 4.69) is 12.1 Å². The molecule has 0 aromatic rings. The van der Waals surface area contributed by atoms with Crippen molar-refractivity contribution in [2.75, 3.05) is 13.1 Å². The first-order chi connectivity index (χ1) is 8.08. The van der Waals surface area contributed by atoms with E-state index < -0.39 is 12.1 Å². The van der Waals surface area contributed by atoms with Gasteiger partial charge >= 0.3 is 5.97 Å². The molecule has 17 heavy (non-hydrogen) atoms. The van der Waals surface area contributed by atoms with Gasteiger partial charge in [0.2, 0.25) is 6.10 Å². The molecule has 2 aliphatic heterocycles. The molecule has 0 aromatic carbocycles. The number of carboxylic acids is 1. The van der Waals surface area contributed by atoms with Crippen LogP contribution in [0, 0.1) is 5.92 Å². The first kappa shape index (κ1) is 11.9. The summed E-state index contributed by atoms with van der Waals surface area (Å²) in [5.74, 6) is -0.766. The maximum Gasteiger partial charge on any atom is 0.353 e. The van der Waals surface area contributed by atoms with Gasteiger partial charge in [-0.15, -0.1) is 0 Å². The lowest BCUT2D eigenvalue weighted by Crippen LogP contribution is -2.44. The van der Waals surface area contributed by atoms with E-state index in [4.69, 9.17) is 9.94 Å². The second-order valence-corrected chi connectivity index (χ2v) is 4.67. The van der Waals surface area contributed by atoms with E-state index in [1.54, 1.807) is 4.90 Å². The Morgan fingerprint density at radius 2 is 2.29 bits per heavy atom. The van der Waals surface area contributed by atoms with E-state index in [0.29, 0.717) is 5.92 Å². The van der Waals surface area contributed by atoms with Crippen molar-refractivity contribution in [3.63, 3.8) is 0 Å². The summed E-state index contributed by atoms with van der Waals surface area (Å²) in [6, 6.07) is 0. The van der Waals surface area contributed by atoms with Gasteiger partial charge in [0.25, 0.3) is 5.91 Å². The van der Waals surface area contributed by atoms with Crippen LogP contribution in [0.2, 0.25) is 0 Å². The van der Waals surface area contributed by atoms with Crippen LogP contribution in [-0.4, -0.2) is 46.8 Å². The molecule has 0 aromatic heterocycles. The largest absolute Gasteiger partial charge is 0.477 e. The average molecular weight is 240 g/mol. The maximum atomic E-state index is 12.0. The molecular weight excluding hydrogens is 224 g/mol. The van der Waals surface area contributed by atoms with Crippen LogP contribution in [0.5, 0.6) is 0 Å². The molecule has 0 spiro atoms. The van der Waals surface area contributed by atoms with Crippen molar-refractivity contribution in [3.05, 3.63) is 0 Å². The SMILES string of the molecule is CC1CCCN(C(=O)C2CC(C(=O)O)=NO2)C1. The van der Waals surface area contributed by atoms with Crippen LogP contribution < -0.4 is 0 Å². The summed E-state index contributed by atoms with van der Waals surface area (Å²) in [7, 11) is 0. The summed E-state index contributed by atoms with van der Waals surface area (Å²) in [4.78, 5) is 29.4. The molecule has 1 N–H and O–H groups in total. The Hall–Kier alpha value is -1.59. The number of rotatable bonds is 2. The number of aliphatic carboxylic acids is 1. The smallest absolute Gasteiger partial charge is 0.353 e. The van der Waals surface area contributed by atoms with E-state index >= 15 is 0 Å². The quantitative estimate of drug-likeness (QED) is 0.761. The van der Waals surface area contributed by atoms with Crippen LogP contribution in [-0.2, 0) is 14.4 Å². The van der Waals surface area contributed by atoms with Crippen molar-refractivity contribution in [3.8, 4) is 0 Å². The molecule has 0 aliphatic carbocycles. The zero-order chi connectivity index (χ0) is 12.4. The fraction of sp³-hybridized carbons (Fsp3) is 0.727. The summed E-state index contributed by atoms with van der Waals surface area (Å²) in [6.45, 7) is 3.56. The number of hydrogen-bond acceptors (Lipinski definition) is 4. The highest BCUT2D eigenvalue weighted by Crippen LogP contribution is 2.20. The number of nitrogens with zero attached hydrogens (tertiary/aromatic N) is 2. The minimum absolute atomic E-state index is 0.0685. The molecule has 6 nitrogen and oxygen atoms in total. The van der Waals surface area contributed by atoms with Gasteiger partial charge in [0.1, 0.15) is 0 Å². The number of carbonyl (C=O) groups excluding carboxylic acids is 1. The molecule has 2 heterocycles. The molecule has 2 unspecified atom stereocenters. The van der Waals surface area contributed by atoms with Gasteiger partial charge in [-0.25, -0.2) is 4.79 Å². The molecule has 2 atom stereocenters. The molecule has 2 rings (SSSR count). The Bertz CT molecular complexity index is 366. The predicted octanol–water partition coefficient (Wildman–Crippen LogP) is 0.474. The van der Waals surface area contributed by atoms with Gasteiger partial charge in [0, 0.05) is 19.5 Å². The molecule has 0 bridgehead atoms. The monoisotopic (exact) mass is 240 g/mol. The number of carbonyl (C=O) groups is 2. The highest BCUT2D eigenvalue weighted by Gasteiger charge is 2.35. The number of hydrogen-bond donors (Lipinski definition) is 1. The fourth-order valence-electron chi connectivity index (χ4n) is 2.23. The van der Waals surface area contributed by atoms with E-state index in [1.165, 1.54) is 0 Å². The summed E-state index contributed by atoms with van der Waals surface area (Å²) in [5, 5.41) is 12.2. The second-order valence-electron chi connectivity index (χ2n) is 4.67. The summed E-state index contributed by atoms with van der Waals surface area (Å²) in [5.41, 5.74) is -0.0755.